The Kier molecular flexibility index (Phi) is 10.8. The van der Waals surface area contributed by atoms with E-state index in [0.29, 0.717) is 6.54 Å². The molecule has 4 unspecified atom stereocenters. The number of alkyl carbamates (subject to hydrolysis) is 1. The van der Waals surface area contributed by atoms with E-state index in [4.69, 9.17) is 4.74 Å². The molecule has 2 aromatic carbocycles. The minimum atomic E-state index is -0.983. The van der Waals surface area contributed by atoms with Crippen molar-refractivity contribution >= 4 is 17.9 Å². The van der Waals surface area contributed by atoms with Gasteiger partial charge in [-0.05, 0) is 82.2 Å². The zero-order valence-electron chi connectivity index (χ0n) is 25.6. The number of hydrogen-bond acceptors (Lipinski definition) is 5. The highest BCUT2D eigenvalue weighted by molar-refractivity contribution is 5.93. The van der Waals surface area contributed by atoms with Gasteiger partial charge in [-0.15, -0.1) is 0 Å². The van der Waals surface area contributed by atoms with Gasteiger partial charge in [0.15, 0.2) is 0 Å². The molecule has 0 radical (unpaired) electrons. The largest absolute Gasteiger partial charge is 0.508 e. The van der Waals surface area contributed by atoms with Crippen LogP contribution < -0.4 is 10.6 Å². The Morgan fingerprint density at radius 3 is 2.29 bits per heavy atom. The van der Waals surface area contributed by atoms with E-state index in [1.807, 2.05) is 32.0 Å². The molecule has 0 heterocycles. The Morgan fingerprint density at radius 2 is 1.73 bits per heavy atom. The number of ether oxygens (including phenoxy) is 1. The fraction of sp³-hybridized carbons (Fsp3) is 0.545. The molecule has 224 valence electrons. The van der Waals surface area contributed by atoms with Crippen LogP contribution in [0.25, 0.3) is 0 Å². The molecule has 3 N–H and O–H groups in total. The Labute approximate surface area is 244 Å². The van der Waals surface area contributed by atoms with Crippen LogP contribution >= 0.6 is 0 Å². The summed E-state index contributed by atoms with van der Waals surface area (Å²) >= 11 is 0. The minimum absolute atomic E-state index is 0.111. The molecule has 3 rings (SSSR count). The summed E-state index contributed by atoms with van der Waals surface area (Å²) < 4.78 is 5.51. The van der Waals surface area contributed by atoms with E-state index in [1.54, 1.807) is 49.9 Å². The van der Waals surface area contributed by atoms with E-state index in [-0.39, 0.29) is 35.9 Å². The summed E-state index contributed by atoms with van der Waals surface area (Å²) in [5, 5.41) is 15.7. The number of aromatic hydroxyl groups is 1. The summed E-state index contributed by atoms with van der Waals surface area (Å²) in [5.41, 5.74) is 2.79. The molecular formula is C33H47N3O5. The molecule has 0 bridgehead atoms. The van der Waals surface area contributed by atoms with Crippen molar-refractivity contribution in [2.24, 2.45) is 5.92 Å². The van der Waals surface area contributed by atoms with Crippen molar-refractivity contribution in [2.45, 2.75) is 104 Å². The zero-order valence-corrected chi connectivity index (χ0v) is 25.6. The summed E-state index contributed by atoms with van der Waals surface area (Å²) in [4.78, 5) is 43.1. The van der Waals surface area contributed by atoms with Crippen molar-refractivity contribution in [1.82, 2.24) is 15.5 Å². The van der Waals surface area contributed by atoms with Gasteiger partial charge >= 0.3 is 6.09 Å². The molecular weight excluding hydrogens is 518 g/mol. The molecule has 8 heteroatoms. The maximum Gasteiger partial charge on any atom is 0.408 e. The van der Waals surface area contributed by atoms with Crippen LogP contribution in [0.1, 0.15) is 88.6 Å². The molecule has 0 aliphatic heterocycles. The van der Waals surface area contributed by atoms with Crippen LogP contribution in [0, 0.1) is 19.8 Å². The predicted octanol–water partition coefficient (Wildman–Crippen LogP) is 5.73. The molecule has 0 spiro atoms. The van der Waals surface area contributed by atoms with Gasteiger partial charge in [0.05, 0.1) is 0 Å². The van der Waals surface area contributed by atoms with Gasteiger partial charge in [0, 0.05) is 19.0 Å². The second-order valence-corrected chi connectivity index (χ2v) is 12.4. The second-order valence-electron chi connectivity index (χ2n) is 12.4. The number of aryl methyl sites for hydroxylation is 2. The normalized spacial score (nSPS) is 17.7. The number of hydrogen-bond donors (Lipinski definition) is 3. The van der Waals surface area contributed by atoms with Gasteiger partial charge in [-0.3, -0.25) is 9.59 Å². The highest BCUT2D eigenvalue weighted by Gasteiger charge is 2.48. The van der Waals surface area contributed by atoms with Crippen LogP contribution in [-0.4, -0.2) is 52.1 Å². The quantitative estimate of drug-likeness (QED) is 0.285. The lowest BCUT2D eigenvalue weighted by Gasteiger charge is -2.36. The lowest BCUT2D eigenvalue weighted by molar-refractivity contribution is -0.143. The van der Waals surface area contributed by atoms with Gasteiger partial charge in [0.25, 0.3) is 0 Å². The molecule has 0 aromatic heterocycles. The van der Waals surface area contributed by atoms with Crippen molar-refractivity contribution in [3.05, 3.63) is 64.7 Å². The van der Waals surface area contributed by atoms with Crippen molar-refractivity contribution in [1.29, 1.82) is 0 Å². The summed E-state index contributed by atoms with van der Waals surface area (Å²) in [6, 6.07) is 10.5. The average Bonchev–Trinajstić information content (AvgIpc) is 3.60. The average molecular weight is 566 g/mol. The van der Waals surface area contributed by atoms with Crippen molar-refractivity contribution in [3.8, 4) is 5.75 Å². The number of phenols is 1. The minimum Gasteiger partial charge on any atom is -0.508 e. The number of carbonyl (C=O) groups is 3. The number of nitrogens with one attached hydrogen (secondary N) is 2. The first kappa shape index (κ1) is 32.0. The summed E-state index contributed by atoms with van der Waals surface area (Å²) in [7, 11) is 0. The number of rotatable bonds is 12. The molecule has 1 fully saturated rings. The molecule has 8 nitrogen and oxygen atoms in total. The molecule has 41 heavy (non-hydrogen) atoms. The molecule has 3 amide bonds. The fourth-order valence-corrected chi connectivity index (χ4v) is 5.10. The first-order valence-electron chi connectivity index (χ1n) is 14.7. The number of amides is 3. The summed E-state index contributed by atoms with van der Waals surface area (Å²) in [5.74, 6) is -0.233. The third-order valence-corrected chi connectivity index (χ3v) is 7.37. The highest BCUT2D eigenvalue weighted by Crippen LogP contribution is 2.41. The van der Waals surface area contributed by atoms with Crippen LogP contribution in [-0.2, 0) is 20.7 Å². The van der Waals surface area contributed by atoms with Crippen LogP contribution in [0.3, 0.4) is 0 Å². The van der Waals surface area contributed by atoms with E-state index < -0.39 is 23.8 Å². The molecule has 1 aliphatic rings. The first-order valence-corrected chi connectivity index (χ1v) is 14.7. The Hall–Kier alpha value is -3.55. The van der Waals surface area contributed by atoms with E-state index >= 15 is 0 Å². The number of unbranched alkanes of at least 4 members (excludes halogenated alkanes) is 2. The molecule has 2 aromatic rings. The maximum absolute atomic E-state index is 14.5. The van der Waals surface area contributed by atoms with Crippen LogP contribution in [0.5, 0.6) is 5.75 Å². The Morgan fingerprint density at radius 1 is 1.07 bits per heavy atom. The van der Waals surface area contributed by atoms with Crippen LogP contribution in [0.4, 0.5) is 4.79 Å². The summed E-state index contributed by atoms with van der Waals surface area (Å²) in [6.45, 7) is 14.0. The van der Waals surface area contributed by atoms with Gasteiger partial charge in [-0.2, -0.15) is 0 Å². The fourth-order valence-electron chi connectivity index (χ4n) is 5.10. The molecule has 4 atom stereocenters. The maximum atomic E-state index is 14.5. The van der Waals surface area contributed by atoms with E-state index in [2.05, 4.69) is 24.5 Å². The van der Waals surface area contributed by atoms with Crippen LogP contribution in [0.15, 0.2) is 42.5 Å². The smallest absolute Gasteiger partial charge is 0.408 e. The SMILES string of the molecule is CCCCCNC(=O)C(c1ccc(C)cc1C)N(C(=O)C(Cc1ccc(O)cc1)NC(=O)OC(C)(C)C)C1CC1C. The third kappa shape index (κ3) is 9.23. The van der Waals surface area contributed by atoms with Gasteiger partial charge in [0.1, 0.15) is 23.4 Å². The van der Waals surface area contributed by atoms with E-state index in [9.17, 15) is 19.5 Å². The Balaban J connectivity index is 2.03. The monoisotopic (exact) mass is 565 g/mol. The summed E-state index contributed by atoms with van der Waals surface area (Å²) in [6.07, 6.45) is 3.15. The van der Waals surface area contributed by atoms with E-state index in [1.165, 1.54) is 0 Å². The van der Waals surface area contributed by atoms with Gasteiger partial charge < -0.3 is 25.4 Å². The number of benzene rings is 2. The van der Waals surface area contributed by atoms with Gasteiger partial charge in [-0.1, -0.05) is 62.6 Å². The number of phenolic OH excluding ortho intramolecular Hbond substituents is 1. The number of carbonyl (C=O) groups excluding carboxylic acids is 3. The second kappa shape index (κ2) is 13.9. The number of nitrogens with zero attached hydrogens (tertiary/aromatic N) is 1. The molecule has 0 saturated heterocycles. The standard InChI is InChI=1S/C33H47N3O5/c1-8-9-10-17-34-30(38)29(26-16-11-21(2)18-22(26)3)36(28-19-23(28)4)31(39)27(35-32(40)41-33(5,6)7)20-24-12-14-25(37)15-13-24/h11-16,18,23,27-29,37H,8-10,17,19-20H2,1-7H3,(H,34,38)(H,35,40). The zero-order chi connectivity index (χ0) is 30.3. The highest BCUT2D eigenvalue weighted by atomic mass is 16.6. The van der Waals surface area contributed by atoms with E-state index in [0.717, 1.165) is 47.9 Å². The predicted molar refractivity (Wildman–Crippen MR) is 161 cm³/mol. The van der Waals surface area contributed by atoms with Crippen LogP contribution in [0.2, 0.25) is 0 Å². The molecule has 1 aliphatic carbocycles. The Bertz CT molecular complexity index is 1200. The third-order valence-electron chi connectivity index (χ3n) is 7.37. The van der Waals surface area contributed by atoms with Gasteiger partial charge in [0.2, 0.25) is 11.8 Å². The molecule has 1 saturated carbocycles. The van der Waals surface area contributed by atoms with Crippen molar-refractivity contribution < 1.29 is 24.2 Å². The van der Waals surface area contributed by atoms with Crippen molar-refractivity contribution in [3.63, 3.8) is 0 Å². The lowest BCUT2D eigenvalue weighted by Crippen LogP contribution is -2.55. The lowest BCUT2D eigenvalue weighted by atomic mass is 9.95. The first-order chi connectivity index (χ1) is 19.3. The van der Waals surface area contributed by atoms with Crippen molar-refractivity contribution in [2.75, 3.05) is 6.54 Å². The van der Waals surface area contributed by atoms with Gasteiger partial charge in [-0.25, -0.2) is 4.79 Å². The topological polar surface area (TPSA) is 108 Å².